The molecule has 6 nitrogen and oxygen atoms in total. The molecule has 0 saturated heterocycles. The molecule has 0 aliphatic rings. The van der Waals surface area contributed by atoms with Gasteiger partial charge in [-0.1, -0.05) is 6.07 Å². The molecule has 2 heterocycles. The van der Waals surface area contributed by atoms with Crippen molar-refractivity contribution >= 4 is 6.09 Å². The Hall–Kier alpha value is -2.37. The monoisotopic (exact) mass is 288 g/mol. The van der Waals surface area contributed by atoms with Gasteiger partial charge in [0.15, 0.2) is 0 Å². The Morgan fingerprint density at radius 2 is 2.19 bits per heavy atom. The summed E-state index contributed by atoms with van der Waals surface area (Å²) in [5, 5.41) is 2.73. The van der Waals surface area contributed by atoms with Crippen molar-refractivity contribution in [1.82, 2.24) is 19.9 Å². The predicted molar refractivity (Wildman–Crippen MR) is 78.6 cm³/mol. The Morgan fingerprint density at radius 3 is 2.86 bits per heavy atom. The van der Waals surface area contributed by atoms with Gasteiger partial charge in [0.05, 0.1) is 30.8 Å². The summed E-state index contributed by atoms with van der Waals surface area (Å²) in [4.78, 5) is 20.0. The molecule has 21 heavy (non-hydrogen) atoms. The Morgan fingerprint density at radius 1 is 1.38 bits per heavy atom. The number of carbonyl (C=O) groups is 1. The highest BCUT2D eigenvalue weighted by Crippen LogP contribution is 2.08. The normalized spacial score (nSPS) is 11.2. The van der Waals surface area contributed by atoms with Crippen molar-refractivity contribution in [2.24, 2.45) is 0 Å². The number of hydrogen-bond acceptors (Lipinski definition) is 4. The van der Waals surface area contributed by atoms with Crippen molar-refractivity contribution < 1.29 is 9.53 Å². The topological polar surface area (TPSA) is 69.0 Å². The van der Waals surface area contributed by atoms with Crippen molar-refractivity contribution in [3.63, 3.8) is 0 Å². The van der Waals surface area contributed by atoms with E-state index in [1.54, 1.807) is 18.7 Å². The molecule has 0 aliphatic heterocycles. The number of amides is 1. The molecule has 1 amide bonds. The lowest BCUT2D eigenvalue weighted by molar-refractivity contribution is 0.0522. The molecule has 2 aromatic heterocycles. The fourth-order valence-corrected chi connectivity index (χ4v) is 1.78. The minimum absolute atomic E-state index is 0.363. The average Bonchev–Trinajstić information content (AvgIpc) is 2.83. The molecule has 6 heteroatoms. The van der Waals surface area contributed by atoms with Crippen LogP contribution in [0.1, 0.15) is 32.2 Å². The highest BCUT2D eigenvalue weighted by atomic mass is 16.6. The van der Waals surface area contributed by atoms with E-state index in [-0.39, 0.29) is 0 Å². The molecule has 0 radical (unpaired) electrons. The highest BCUT2D eigenvalue weighted by molar-refractivity contribution is 5.67. The molecule has 0 unspecified atom stereocenters. The number of rotatable bonds is 4. The lowest BCUT2D eigenvalue weighted by Crippen LogP contribution is -2.32. The second-order valence-corrected chi connectivity index (χ2v) is 5.69. The largest absolute Gasteiger partial charge is 0.444 e. The van der Waals surface area contributed by atoms with Gasteiger partial charge in [0.25, 0.3) is 0 Å². The minimum atomic E-state index is -0.502. The summed E-state index contributed by atoms with van der Waals surface area (Å²) in [6.07, 6.45) is 4.76. The van der Waals surface area contributed by atoms with Crippen LogP contribution < -0.4 is 5.32 Å². The maximum absolute atomic E-state index is 11.6. The summed E-state index contributed by atoms with van der Waals surface area (Å²) >= 11 is 0. The molecule has 0 fully saturated rings. The number of ether oxygens (including phenoxy) is 1. The SMILES string of the molecule is CC(C)(C)OC(=O)NCc1cncn1Cc1ccccn1. The highest BCUT2D eigenvalue weighted by Gasteiger charge is 2.16. The molecular weight excluding hydrogens is 268 g/mol. The molecule has 0 bridgehead atoms. The third kappa shape index (κ3) is 4.91. The van der Waals surface area contributed by atoms with Crippen LogP contribution in [0.3, 0.4) is 0 Å². The first-order valence-corrected chi connectivity index (χ1v) is 6.80. The van der Waals surface area contributed by atoms with Crippen molar-refractivity contribution in [3.8, 4) is 0 Å². The van der Waals surface area contributed by atoms with Gasteiger partial charge in [0.2, 0.25) is 0 Å². The number of pyridine rings is 1. The first kappa shape index (κ1) is 15.0. The maximum atomic E-state index is 11.6. The first-order chi connectivity index (χ1) is 9.94. The van der Waals surface area contributed by atoms with Crippen molar-refractivity contribution in [2.75, 3.05) is 0 Å². The molecular formula is C15H20N4O2. The standard InChI is InChI=1S/C15H20N4O2/c1-15(2,3)21-14(20)18-9-13-8-16-11-19(13)10-12-6-4-5-7-17-12/h4-8,11H,9-10H2,1-3H3,(H,18,20). The lowest BCUT2D eigenvalue weighted by atomic mass is 10.2. The zero-order valence-corrected chi connectivity index (χ0v) is 12.5. The van der Waals surface area contributed by atoms with Gasteiger partial charge in [0.1, 0.15) is 5.60 Å². The van der Waals surface area contributed by atoms with Crippen LogP contribution in [0.5, 0.6) is 0 Å². The average molecular weight is 288 g/mol. The van der Waals surface area contributed by atoms with E-state index >= 15 is 0 Å². The molecule has 0 atom stereocenters. The van der Waals surface area contributed by atoms with E-state index in [0.29, 0.717) is 13.1 Å². The van der Waals surface area contributed by atoms with E-state index in [1.165, 1.54) is 0 Å². The molecule has 2 rings (SSSR count). The lowest BCUT2D eigenvalue weighted by Gasteiger charge is -2.19. The molecule has 1 N–H and O–H groups in total. The number of imidazole rings is 1. The van der Waals surface area contributed by atoms with Gasteiger partial charge < -0.3 is 14.6 Å². The molecule has 0 saturated carbocycles. The van der Waals surface area contributed by atoms with E-state index < -0.39 is 11.7 Å². The molecule has 0 spiro atoms. The summed E-state index contributed by atoms with van der Waals surface area (Å²) in [5.41, 5.74) is 1.33. The van der Waals surface area contributed by atoms with E-state index in [2.05, 4.69) is 15.3 Å². The van der Waals surface area contributed by atoms with E-state index in [4.69, 9.17) is 4.74 Å². The van der Waals surface area contributed by atoms with Crippen molar-refractivity contribution in [1.29, 1.82) is 0 Å². The van der Waals surface area contributed by atoms with Gasteiger partial charge in [-0.3, -0.25) is 4.98 Å². The summed E-state index contributed by atoms with van der Waals surface area (Å²) in [6, 6.07) is 5.77. The van der Waals surface area contributed by atoms with Crippen LogP contribution in [0.2, 0.25) is 0 Å². The fourth-order valence-electron chi connectivity index (χ4n) is 1.78. The van der Waals surface area contributed by atoms with Crippen LogP contribution in [0, 0.1) is 0 Å². The Bertz CT molecular complexity index is 587. The number of carbonyl (C=O) groups excluding carboxylic acids is 1. The van der Waals surface area contributed by atoms with E-state index in [0.717, 1.165) is 11.4 Å². The Labute approximate surface area is 124 Å². The van der Waals surface area contributed by atoms with Crippen LogP contribution in [0.4, 0.5) is 4.79 Å². The van der Waals surface area contributed by atoms with Crippen LogP contribution in [0.25, 0.3) is 0 Å². The number of aromatic nitrogens is 3. The van der Waals surface area contributed by atoms with Crippen molar-refractivity contribution in [3.05, 3.63) is 48.3 Å². The van der Waals surface area contributed by atoms with Gasteiger partial charge >= 0.3 is 6.09 Å². The van der Waals surface area contributed by atoms with Gasteiger partial charge in [-0.15, -0.1) is 0 Å². The first-order valence-electron chi connectivity index (χ1n) is 6.80. The van der Waals surface area contributed by atoms with Gasteiger partial charge in [-0.05, 0) is 32.9 Å². The summed E-state index contributed by atoms with van der Waals surface area (Å²) in [5.74, 6) is 0. The van der Waals surface area contributed by atoms with Gasteiger partial charge in [-0.25, -0.2) is 9.78 Å². The third-order valence-corrected chi connectivity index (χ3v) is 2.67. The quantitative estimate of drug-likeness (QED) is 0.937. The van der Waals surface area contributed by atoms with Crippen molar-refractivity contribution in [2.45, 2.75) is 39.5 Å². The summed E-state index contributed by atoms with van der Waals surface area (Å²) in [6.45, 7) is 6.47. The fraction of sp³-hybridized carbons (Fsp3) is 0.400. The van der Waals surface area contributed by atoms with Crippen LogP contribution >= 0.6 is 0 Å². The van der Waals surface area contributed by atoms with E-state index in [1.807, 2.05) is 43.5 Å². The minimum Gasteiger partial charge on any atom is -0.444 e. The second kappa shape index (κ2) is 6.39. The van der Waals surface area contributed by atoms with Crippen LogP contribution in [-0.4, -0.2) is 26.2 Å². The summed E-state index contributed by atoms with van der Waals surface area (Å²) in [7, 11) is 0. The van der Waals surface area contributed by atoms with E-state index in [9.17, 15) is 4.79 Å². The molecule has 112 valence electrons. The third-order valence-electron chi connectivity index (χ3n) is 2.67. The Kier molecular flexibility index (Phi) is 4.57. The number of nitrogens with one attached hydrogen (secondary N) is 1. The predicted octanol–water partition coefficient (Wildman–Crippen LogP) is 2.35. The molecule has 0 aromatic carbocycles. The van der Waals surface area contributed by atoms with Gasteiger partial charge in [0, 0.05) is 12.4 Å². The van der Waals surface area contributed by atoms with Crippen LogP contribution in [-0.2, 0) is 17.8 Å². The van der Waals surface area contributed by atoms with Gasteiger partial charge in [-0.2, -0.15) is 0 Å². The molecule has 0 aliphatic carbocycles. The maximum Gasteiger partial charge on any atom is 0.407 e. The smallest absolute Gasteiger partial charge is 0.407 e. The second-order valence-electron chi connectivity index (χ2n) is 5.69. The summed E-state index contributed by atoms with van der Waals surface area (Å²) < 4.78 is 7.15. The number of nitrogens with zero attached hydrogens (tertiary/aromatic N) is 3. The Balaban J connectivity index is 1.93. The molecule has 2 aromatic rings. The number of alkyl carbamates (subject to hydrolysis) is 1. The number of hydrogen-bond donors (Lipinski definition) is 1. The zero-order chi connectivity index (χ0) is 15.3. The van der Waals surface area contributed by atoms with Crippen LogP contribution in [0.15, 0.2) is 36.9 Å². The zero-order valence-electron chi connectivity index (χ0n) is 12.5.